The molecule has 0 bridgehead atoms. The van der Waals surface area contributed by atoms with Gasteiger partial charge in [-0.15, -0.1) is 0 Å². The lowest BCUT2D eigenvalue weighted by atomic mass is 10.1. The molecule has 0 atom stereocenters. The molecule has 27 heavy (non-hydrogen) atoms. The molecule has 1 aromatic heterocycles. The lowest BCUT2D eigenvalue weighted by Crippen LogP contribution is -2.06. The van der Waals surface area contributed by atoms with Gasteiger partial charge in [-0.2, -0.15) is 13.2 Å². The van der Waals surface area contributed by atoms with E-state index in [1.54, 1.807) is 6.92 Å². The number of nitrogens with zero attached hydrogens (tertiary/aromatic N) is 1. The van der Waals surface area contributed by atoms with Crippen LogP contribution in [0.2, 0.25) is 0 Å². The Balaban J connectivity index is 2.05. The van der Waals surface area contributed by atoms with E-state index in [2.05, 4.69) is 9.97 Å². The van der Waals surface area contributed by atoms with Crippen LogP contribution < -0.4 is 0 Å². The minimum absolute atomic E-state index is 0.0293. The Kier molecular flexibility index (Phi) is 4.98. The minimum atomic E-state index is -4.45. The lowest BCUT2D eigenvalue weighted by Gasteiger charge is -2.06. The van der Waals surface area contributed by atoms with Crippen molar-refractivity contribution in [2.45, 2.75) is 13.1 Å². The van der Waals surface area contributed by atoms with Crippen LogP contribution in [0.5, 0.6) is 0 Å². The number of rotatable bonds is 4. The summed E-state index contributed by atoms with van der Waals surface area (Å²) in [6, 6.07) is 9.74. The average Bonchev–Trinajstić information content (AvgIpc) is 3.07. The molecular weight excluding hydrogens is 364 g/mol. The normalized spacial score (nSPS) is 11.4. The Bertz CT molecular complexity index is 945. The zero-order valence-electron chi connectivity index (χ0n) is 14.1. The third-order valence-corrected chi connectivity index (χ3v) is 3.79. The molecule has 0 radical (unpaired) electrons. The number of aromatic amines is 1. The van der Waals surface area contributed by atoms with Crippen LogP contribution in [0.1, 0.15) is 23.0 Å². The molecule has 3 aromatic rings. The Morgan fingerprint density at radius 1 is 1.04 bits per heavy atom. The molecule has 0 aliphatic heterocycles. The highest BCUT2D eigenvalue weighted by atomic mass is 19.4. The van der Waals surface area contributed by atoms with Crippen LogP contribution in [-0.2, 0) is 10.9 Å². The van der Waals surface area contributed by atoms with E-state index in [4.69, 9.17) is 4.74 Å². The van der Waals surface area contributed by atoms with Crippen molar-refractivity contribution < 1.29 is 27.1 Å². The molecule has 1 heterocycles. The Labute approximate surface area is 151 Å². The van der Waals surface area contributed by atoms with Crippen molar-refractivity contribution in [3.8, 4) is 22.6 Å². The van der Waals surface area contributed by atoms with Gasteiger partial charge in [-0.1, -0.05) is 12.1 Å². The summed E-state index contributed by atoms with van der Waals surface area (Å²) in [5.41, 5.74) is 0.330. The van der Waals surface area contributed by atoms with Crippen molar-refractivity contribution >= 4 is 5.97 Å². The number of nitrogens with one attached hydrogen (secondary N) is 1. The molecule has 0 saturated heterocycles. The van der Waals surface area contributed by atoms with E-state index >= 15 is 0 Å². The zero-order valence-corrected chi connectivity index (χ0v) is 14.1. The maximum atomic E-state index is 13.2. The first kappa shape index (κ1) is 18.6. The Hall–Kier alpha value is -3.16. The van der Waals surface area contributed by atoms with Gasteiger partial charge in [0.25, 0.3) is 0 Å². The fourth-order valence-electron chi connectivity index (χ4n) is 2.50. The van der Waals surface area contributed by atoms with Gasteiger partial charge in [0, 0.05) is 11.1 Å². The maximum absolute atomic E-state index is 13.2. The van der Waals surface area contributed by atoms with Crippen molar-refractivity contribution in [2.75, 3.05) is 6.61 Å². The molecule has 0 aliphatic carbocycles. The predicted octanol–water partition coefficient (Wildman–Crippen LogP) is 5.08. The van der Waals surface area contributed by atoms with E-state index in [0.717, 1.165) is 12.1 Å². The SMILES string of the molecule is CCOC(=O)c1nc(-c2ccc(C(F)(F)F)cc2)[nH]c1-c1ccc(F)cc1. The second-order valence-corrected chi connectivity index (χ2v) is 5.61. The molecule has 0 amide bonds. The van der Waals surface area contributed by atoms with Gasteiger partial charge in [-0.05, 0) is 43.3 Å². The van der Waals surface area contributed by atoms with Crippen molar-refractivity contribution in [3.05, 3.63) is 65.6 Å². The number of ether oxygens (including phenoxy) is 1. The van der Waals surface area contributed by atoms with Crippen LogP contribution in [0.25, 0.3) is 22.6 Å². The molecule has 0 unspecified atom stereocenters. The van der Waals surface area contributed by atoms with E-state index in [1.807, 2.05) is 0 Å². The number of alkyl halides is 3. The minimum Gasteiger partial charge on any atom is -0.461 e. The van der Waals surface area contributed by atoms with Gasteiger partial charge in [0.1, 0.15) is 11.6 Å². The van der Waals surface area contributed by atoms with Gasteiger partial charge >= 0.3 is 12.1 Å². The van der Waals surface area contributed by atoms with Gasteiger partial charge in [0.2, 0.25) is 0 Å². The van der Waals surface area contributed by atoms with Crippen LogP contribution >= 0.6 is 0 Å². The van der Waals surface area contributed by atoms with Crippen molar-refractivity contribution in [3.63, 3.8) is 0 Å². The summed E-state index contributed by atoms with van der Waals surface area (Å²) < 4.78 is 56.3. The van der Waals surface area contributed by atoms with Crippen LogP contribution in [0, 0.1) is 5.82 Å². The quantitative estimate of drug-likeness (QED) is 0.509. The van der Waals surface area contributed by atoms with Gasteiger partial charge in [-0.25, -0.2) is 14.2 Å². The highest BCUT2D eigenvalue weighted by molar-refractivity contribution is 5.95. The summed E-state index contributed by atoms with van der Waals surface area (Å²) in [5.74, 6) is -0.934. The number of esters is 1. The smallest absolute Gasteiger partial charge is 0.416 e. The lowest BCUT2D eigenvalue weighted by molar-refractivity contribution is -0.137. The monoisotopic (exact) mass is 378 g/mol. The number of imidazole rings is 1. The number of aromatic nitrogens is 2. The molecule has 2 aromatic carbocycles. The number of halogens is 4. The van der Waals surface area contributed by atoms with Gasteiger partial charge in [0.15, 0.2) is 5.69 Å². The van der Waals surface area contributed by atoms with Crippen molar-refractivity contribution in [1.82, 2.24) is 9.97 Å². The number of benzene rings is 2. The Morgan fingerprint density at radius 3 is 2.19 bits per heavy atom. The van der Waals surface area contributed by atoms with E-state index < -0.39 is 23.5 Å². The van der Waals surface area contributed by atoms with Crippen LogP contribution in [0.4, 0.5) is 17.6 Å². The molecule has 3 rings (SSSR count). The topological polar surface area (TPSA) is 55.0 Å². The van der Waals surface area contributed by atoms with Crippen LogP contribution in [0.3, 0.4) is 0 Å². The number of carbonyl (C=O) groups is 1. The molecule has 0 aliphatic rings. The third-order valence-electron chi connectivity index (χ3n) is 3.79. The first-order valence-electron chi connectivity index (χ1n) is 8.00. The maximum Gasteiger partial charge on any atom is 0.416 e. The highest BCUT2D eigenvalue weighted by Crippen LogP contribution is 2.32. The largest absolute Gasteiger partial charge is 0.461 e. The van der Waals surface area contributed by atoms with E-state index in [-0.39, 0.29) is 18.1 Å². The number of hydrogen-bond acceptors (Lipinski definition) is 3. The molecule has 0 saturated carbocycles. The van der Waals surface area contributed by atoms with Crippen LogP contribution in [0.15, 0.2) is 48.5 Å². The van der Waals surface area contributed by atoms with E-state index in [1.165, 1.54) is 36.4 Å². The fourth-order valence-corrected chi connectivity index (χ4v) is 2.50. The van der Waals surface area contributed by atoms with Gasteiger partial charge in [-0.3, -0.25) is 0 Å². The molecule has 0 spiro atoms. The molecular formula is C19H14F4N2O2. The van der Waals surface area contributed by atoms with Gasteiger partial charge < -0.3 is 9.72 Å². The molecule has 0 fully saturated rings. The zero-order chi connectivity index (χ0) is 19.6. The second-order valence-electron chi connectivity index (χ2n) is 5.61. The first-order chi connectivity index (χ1) is 12.8. The fraction of sp³-hybridized carbons (Fsp3) is 0.158. The van der Waals surface area contributed by atoms with E-state index in [9.17, 15) is 22.4 Å². The first-order valence-corrected chi connectivity index (χ1v) is 8.00. The number of hydrogen-bond donors (Lipinski definition) is 1. The highest BCUT2D eigenvalue weighted by Gasteiger charge is 2.30. The van der Waals surface area contributed by atoms with Gasteiger partial charge in [0.05, 0.1) is 17.9 Å². The average molecular weight is 378 g/mol. The van der Waals surface area contributed by atoms with Crippen molar-refractivity contribution in [2.24, 2.45) is 0 Å². The van der Waals surface area contributed by atoms with E-state index in [0.29, 0.717) is 16.8 Å². The summed E-state index contributed by atoms with van der Waals surface area (Å²) in [4.78, 5) is 19.3. The number of carbonyl (C=O) groups excluding carboxylic acids is 1. The summed E-state index contributed by atoms with van der Waals surface area (Å²) in [5, 5.41) is 0. The number of H-pyrrole nitrogens is 1. The second kappa shape index (κ2) is 7.22. The van der Waals surface area contributed by atoms with Crippen LogP contribution in [-0.4, -0.2) is 22.5 Å². The Morgan fingerprint density at radius 2 is 1.63 bits per heavy atom. The third kappa shape index (κ3) is 3.99. The molecule has 140 valence electrons. The standard InChI is InChI=1S/C19H14F4N2O2/c1-2-27-18(26)16-15(11-5-9-14(20)10-6-11)24-17(25-16)12-3-7-13(8-4-12)19(21,22)23/h3-10H,2H2,1H3,(H,24,25). The van der Waals surface area contributed by atoms with Crippen molar-refractivity contribution in [1.29, 1.82) is 0 Å². The summed E-state index contributed by atoms with van der Waals surface area (Å²) in [6.07, 6.45) is -4.45. The summed E-state index contributed by atoms with van der Waals surface area (Å²) in [7, 11) is 0. The summed E-state index contributed by atoms with van der Waals surface area (Å²) in [6.45, 7) is 1.77. The summed E-state index contributed by atoms with van der Waals surface area (Å²) >= 11 is 0. The molecule has 8 heteroatoms. The molecule has 4 nitrogen and oxygen atoms in total. The molecule has 1 N–H and O–H groups in total. The predicted molar refractivity (Wildman–Crippen MR) is 90.4 cm³/mol.